The summed E-state index contributed by atoms with van der Waals surface area (Å²) in [5, 5.41) is 5.50. The number of hydrogen-bond acceptors (Lipinski definition) is 4. The van der Waals surface area contributed by atoms with E-state index in [9.17, 15) is 18.0 Å². The lowest BCUT2D eigenvalue weighted by Crippen LogP contribution is -2.36. The zero-order valence-electron chi connectivity index (χ0n) is 16.3. The first kappa shape index (κ1) is 22.9. The molecular weight excluding hydrogens is 414 g/mol. The van der Waals surface area contributed by atoms with Crippen LogP contribution in [0.25, 0.3) is 0 Å². The van der Waals surface area contributed by atoms with E-state index in [0.717, 1.165) is 5.56 Å². The molecule has 0 unspecified atom stereocenters. The monoisotopic (exact) mass is 437 g/mol. The fraction of sp³-hybridized carbons (Fsp3) is 0.300. The Kier molecular flexibility index (Phi) is 8.19. The van der Waals surface area contributed by atoms with E-state index in [1.165, 1.54) is 16.4 Å². The molecule has 0 heterocycles. The van der Waals surface area contributed by atoms with Crippen LogP contribution in [0.5, 0.6) is 0 Å². The zero-order chi connectivity index (χ0) is 21.4. The third-order valence-electron chi connectivity index (χ3n) is 4.28. The topological polar surface area (TPSA) is 95.6 Å². The highest BCUT2D eigenvalue weighted by Crippen LogP contribution is 2.16. The quantitative estimate of drug-likeness (QED) is 0.629. The van der Waals surface area contributed by atoms with Gasteiger partial charge in [0.25, 0.3) is 5.91 Å². The Morgan fingerprint density at radius 2 is 1.59 bits per heavy atom. The smallest absolute Gasteiger partial charge is 0.253 e. The molecule has 0 aromatic heterocycles. The highest BCUT2D eigenvalue weighted by Gasteiger charge is 2.21. The van der Waals surface area contributed by atoms with Gasteiger partial charge in [0.1, 0.15) is 0 Å². The lowest BCUT2D eigenvalue weighted by atomic mass is 10.2. The zero-order valence-corrected chi connectivity index (χ0v) is 17.9. The van der Waals surface area contributed by atoms with E-state index in [1.54, 1.807) is 50.2 Å². The van der Waals surface area contributed by atoms with Crippen molar-refractivity contribution in [3.8, 4) is 0 Å². The minimum atomic E-state index is -3.51. The van der Waals surface area contributed by atoms with Gasteiger partial charge >= 0.3 is 0 Å². The Morgan fingerprint density at radius 1 is 0.966 bits per heavy atom. The van der Waals surface area contributed by atoms with Crippen molar-refractivity contribution >= 4 is 33.4 Å². The van der Waals surface area contributed by atoms with Crippen LogP contribution in [0.4, 0.5) is 0 Å². The van der Waals surface area contributed by atoms with Gasteiger partial charge in [-0.1, -0.05) is 49.7 Å². The second-order valence-electron chi connectivity index (χ2n) is 6.17. The third kappa shape index (κ3) is 6.03. The Bertz CT molecular complexity index is 958. The van der Waals surface area contributed by atoms with Crippen molar-refractivity contribution < 1.29 is 18.0 Å². The van der Waals surface area contributed by atoms with Crippen molar-refractivity contribution in [1.82, 2.24) is 14.9 Å². The number of sulfonamides is 1. The molecule has 0 radical (unpaired) electrons. The molecule has 0 fully saturated rings. The summed E-state index contributed by atoms with van der Waals surface area (Å²) in [6.45, 7) is 4.39. The van der Waals surface area contributed by atoms with E-state index in [0.29, 0.717) is 23.7 Å². The molecule has 0 saturated carbocycles. The number of nitrogens with one attached hydrogen (secondary N) is 2. The molecule has 0 bridgehead atoms. The molecule has 0 atom stereocenters. The summed E-state index contributed by atoms with van der Waals surface area (Å²) >= 11 is 5.95. The van der Waals surface area contributed by atoms with Gasteiger partial charge in [-0.25, -0.2) is 8.42 Å². The lowest BCUT2D eigenvalue weighted by Gasteiger charge is -2.18. The van der Waals surface area contributed by atoms with Gasteiger partial charge in [-0.3, -0.25) is 9.59 Å². The van der Waals surface area contributed by atoms with Gasteiger partial charge in [0.15, 0.2) is 0 Å². The predicted molar refractivity (Wildman–Crippen MR) is 112 cm³/mol. The molecule has 156 valence electrons. The summed E-state index contributed by atoms with van der Waals surface area (Å²) in [7, 11) is -3.51. The SMILES string of the molecule is CCN(CC)S(=O)(=O)c1ccc(CNC(=O)CNC(=O)c2ccccc2Cl)cc1. The van der Waals surface area contributed by atoms with E-state index in [2.05, 4.69) is 10.6 Å². The van der Waals surface area contributed by atoms with E-state index < -0.39 is 15.9 Å². The fourth-order valence-corrected chi connectivity index (χ4v) is 4.34. The molecule has 2 aromatic rings. The molecule has 2 amide bonds. The van der Waals surface area contributed by atoms with Crippen molar-refractivity contribution in [1.29, 1.82) is 0 Å². The van der Waals surface area contributed by atoms with Crippen LogP contribution in [0.1, 0.15) is 29.8 Å². The summed E-state index contributed by atoms with van der Waals surface area (Å²) in [6, 6.07) is 12.9. The van der Waals surface area contributed by atoms with E-state index in [-0.39, 0.29) is 23.9 Å². The lowest BCUT2D eigenvalue weighted by molar-refractivity contribution is -0.120. The van der Waals surface area contributed by atoms with Gasteiger partial charge < -0.3 is 10.6 Å². The van der Waals surface area contributed by atoms with Crippen LogP contribution in [0, 0.1) is 0 Å². The van der Waals surface area contributed by atoms with Crippen LogP contribution in [-0.4, -0.2) is 44.2 Å². The Labute approximate surface area is 176 Å². The van der Waals surface area contributed by atoms with Gasteiger partial charge in [0.2, 0.25) is 15.9 Å². The maximum atomic E-state index is 12.5. The van der Waals surface area contributed by atoms with Crippen LogP contribution in [0.2, 0.25) is 5.02 Å². The summed E-state index contributed by atoms with van der Waals surface area (Å²) in [5.41, 5.74) is 1.04. The molecule has 0 aliphatic carbocycles. The molecule has 0 aliphatic heterocycles. The molecule has 9 heteroatoms. The largest absolute Gasteiger partial charge is 0.350 e. The predicted octanol–water partition coefficient (Wildman–Crippen LogP) is 2.42. The average molecular weight is 438 g/mol. The second-order valence-corrected chi connectivity index (χ2v) is 8.52. The summed E-state index contributed by atoms with van der Waals surface area (Å²) in [6.07, 6.45) is 0. The van der Waals surface area contributed by atoms with Gasteiger partial charge in [-0.05, 0) is 29.8 Å². The van der Waals surface area contributed by atoms with Gasteiger partial charge in [0, 0.05) is 19.6 Å². The molecule has 7 nitrogen and oxygen atoms in total. The number of amides is 2. The number of carbonyl (C=O) groups is 2. The standard InChI is InChI=1S/C20H24ClN3O4S/c1-3-24(4-2)29(27,28)16-11-9-15(10-12-16)13-22-19(25)14-23-20(26)17-7-5-6-8-18(17)21/h5-12H,3-4,13-14H2,1-2H3,(H,22,25)(H,23,26). The summed E-state index contributed by atoms with van der Waals surface area (Å²) in [4.78, 5) is 24.2. The van der Waals surface area contributed by atoms with E-state index in [1.807, 2.05) is 0 Å². The number of rotatable bonds is 9. The fourth-order valence-electron chi connectivity index (χ4n) is 2.66. The van der Waals surface area contributed by atoms with Crippen molar-refractivity contribution in [3.05, 3.63) is 64.7 Å². The first-order chi connectivity index (χ1) is 13.8. The maximum absolute atomic E-state index is 12.5. The first-order valence-corrected chi connectivity index (χ1v) is 11.0. The van der Waals surface area contributed by atoms with E-state index >= 15 is 0 Å². The van der Waals surface area contributed by atoms with Crippen molar-refractivity contribution in [2.75, 3.05) is 19.6 Å². The van der Waals surface area contributed by atoms with Crippen molar-refractivity contribution in [2.24, 2.45) is 0 Å². The number of hydrogen-bond donors (Lipinski definition) is 2. The highest BCUT2D eigenvalue weighted by molar-refractivity contribution is 7.89. The Hall–Kier alpha value is -2.42. The van der Waals surface area contributed by atoms with Crippen LogP contribution in [0.3, 0.4) is 0 Å². The molecule has 2 N–H and O–H groups in total. The number of nitrogens with zero attached hydrogens (tertiary/aromatic N) is 1. The molecular formula is C20H24ClN3O4S. The number of halogens is 1. The molecule has 0 aliphatic rings. The molecule has 0 saturated heterocycles. The maximum Gasteiger partial charge on any atom is 0.253 e. The van der Waals surface area contributed by atoms with Crippen LogP contribution < -0.4 is 10.6 Å². The normalized spacial score (nSPS) is 11.3. The Morgan fingerprint density at radius 3 is 2.17 bits per heavy atom. The summed E-state index contributed by atoms with van der Waals surface area (Å²) in [5.74, 6) is -0.804. The first-order valence-electron chi connectivity index (χ1n) is 9.18. The third-order valence-corrected chi connectivity index (χ3v) is 6.68. The van der Waals surface area contributed by atoms with Crippen LogP contribution >= 0.6 is 11.6 Å². The molecule has 2 aromatic carbocycles. The van der Waals surface area contributed by atoms with Crippen molar-refractivity contribution in [2.45, 2.75) is 25.3 Å². The molecule has 29 heavy (non-hydrogen) atoms. The minimum Gasteiger partial charge on any atom is -0.350 e. The van der Waals surface area contributed by atoms with Crippen molar-refractivity contribution in [3.63, 3.8) is 0 Å². The molecule has 0 spiro atoms. The average Bonchev–Trinajstić information content (AvgIpc) is 2.71. The minimum absolute atomic E-state index is 0.196. The Balaban J connectivity index is 1.88. The summed E-state index contributed by atoms with van der Waals surface area (Å²) < 4.78 is 26.3. The number of benzene rings is 2. The van der Waals surface area contributed by atoms with Gasteiger partial charge in [-0.15, -0.1) is 0 Å². The van der Waals surface area contributed by atoms with Crippen LogP contribution in [0.15, 0.2) is 53.4 Å². The highest BCUT2D eigenvalue weighted by atomic mass is 35.5. The number of carbonyl (C=O) groups excluding carboxylic acids is 2. The van der Waals surface area contributed by atoms with Gasteiger partial charge in [0.05, 0.1) is 22.0 Å². The molecule has 2 rings (SSSR count). The second kappa shape index (κ2) is 10.4. The van der Waals surface area contributed by atoms with E-state index in [4.69, 9.17) is 11.6 Å². The van der Waals surface area contributed by atoms with Crippen LogP contribution in [-0.2, 0) is 21.4 Å². The van der Waals surface area contributed by atoms with Gasteiger partial charge in [-0.2, -0.15) is 4.31 Å².